The van der Waals surface area contributed by atoms with Gasteiger partial charge in [-0.1, -0.05) is 18.1 Å². The molecule has 0 bridgehead atoms. The first-order valence-electron chi connectivity index (χ1n) is 7.70. The van der Waals surface area contributed by atoms with Crippen LogP contribution in [0.25, 0.3) is 11.3 Å². The standard InChI is InChI=1S/C13H11N2/c1-15-10-11(9-14)7-8-13(15)12-5-3-2-4-6-12/h2-8,10H,1H3/q+1/i2D,3D,4D,5D,7D,8D,10D. The van der Waals surface area contributed by atoms with Gasteiger partial charge in [-0.2, -0.15) is 9.83 Å². The molecule has 0 atom stereocenters. The predicted octanol–water partition coefficient (Wildman–Crippen LogP) is 2.05. The summed E-state index contributed by atoms with van der Waals surface area (Å²) in [4.78, 5) is 0. The van der Waals surface area contributed by atoms with Crippen LogP contribution < -0.4 is 4.57 Å². The molecule has 15 heavy (non-hydrogen) atoms. The average Bonchev–Trinajstić information content (AvgIpc) is 2.49. The molecule has 1 heterocycles. The molecule has 0 unspecified atom stereocenters. The Bertz CT molecular complexity index is 811. The fourth-order valence-electron chi connectivity index (χ4n) is 1.16. The van der Waals surface area contributed by atoms with E-state index < -0.39 is 18.1 Å². The van der Waals surface area contributed by atoms with Crippen LogP contribution in [0.4, 0.5) is 0 Å². The Balaban J connectivity index is 2.95. The zero-order valence-corrected chi connectivity index (χ0v) is 7.97. The summed E-state index contributed by atoms with van der Waals surface area (Å²) in [5.41, 5.74) is -0.233. The van der Waals surface area contributed by atoms with Crippen LogP contribution in [0.3, 0.4) is 0 Å². The van der Waals surface area contributed by atoms with Gasteiger partial charge in [0.1, 0.15) is 20.1 Å². The number of nitriles is 1. The summed E-state index contributed by atoms with van der Waals surface area (Å²) in [6, 6.07) is 0.591. The molecule has 0 aliphatic heterocycles. The van der Waals surface area contributed by atoms with Gasteiger partial charge in [-0.3, -0.25) is 0 Å². The van der Waals surface area contributed by atoms with E-state index in [0.717, 1.165) is 0 Å². The maximum absolute atomic E-state index is 8.98. The first kappa shape index (κ1) is 4.16. The molecule has 0 amide bonds. The van der Waals surface area contributed by atoms with Crippen molar-refractivity contribution in [1.82, 2.24) is 0 Å². The summed E-state index contributed by atoms with van der Waals surface area (Å²) in [5, 5.41) is 8.98. The third kappa shape index (κ3) is 1.87. The number of nitrogens with zero attached hydrogens (tertiary/aromatic N) is 2. The molecule has 0 fully saturated rings. The molecule has 0 saturated carbocycles. The van der Waals surface area contributed by atoms with Crippen LogP contribution >= 0.6 is 0 Å². The van der Waals surface area contributed by atoms with Gasteiger partial charge in [0.25, 0.3) is 0 Å². The molecule has 72 valence electrons. The summed E-state index contributed by atoms with van der Waals surface area (Å²) in [5.74, 6) is 0. The fourth-order valence-corrected chi connectivity index (χ4v) is 1.16. The summed E-state index contributed by atoms with van der Waals surface area (Å²) < 4.78 is 55.7. The number of pyridine rings is 1. The van der Waals surface area contributed by atoms with E-state index in [9.17, 15) is 0 Å². The van der Waals surface area contributed by atoms with Gasteiger partial charge in [-0.25, -0.2) is 0 Å². The van der Waals surface area contributed by atoms with Crippen molar-refractivity contribution in [1.29, 1.82) is 5.26 Å². The van der Waals surface area contributed by atoms with E-state index in [-0.39, 0.29) is 41.1 Å². The van der Waals surface area contributed by atoms with E-state index in [1.807, 2.05) is 0 Å². The van der Waals surface area contributed by atoms with Gasteiger partial charge in [-0.15, -0.1) is 0 Å². The summed E-state index contributed by atoms with van der Waals surface area (Å²) in [6.07, 6.45) is -0.286. The van der Waals surface area contributed by atoms with Gasteiger partial charge < -0.3 is 0 Å². The minimum atomic E-state index is -0.454. The van der Waals surface area contributed by atoms with Gasteiger partial charge in [0.15, 0.2) is 6.17 Å². The lowest BCUT2D eigenvalue weighted by Gasteiger charge is -1.99. The average molecular weight is 202 g/mol. The van der Waals surface area contributed by atoms with E-state index >= 15 is 0 Å². The monoisotopic (exact) mass is 202 g/mol. The Morgan fingerprint density at radius 2 is 2.13 bits per heavy atom. The highest BCUT2D eigenvalue weighted by atomic mass is 14.9. The maximum atomic E-state index is 8.98. The highest BCUT2D eigenvalue weighted by Gasteiger charge is 2.09. The highest BCUT2D eigenvalue weighted by molar-refractivity contribution is 5.56. The Morgan fingerprint density at radius 1 is 1.27 bits per heavy atom. The molecular weight excluding hydrogens is 184 g/mol. The Morgan fingerprint density at radius 3 is 2.93 bits per heavy atom. The molecule has 2 rings (SSSR count). The third-order valence-corrected chi connectivity index (χ3v) is 1.84. The van der Waals surface area contributed by atoms with E-state index in [0.29, 0.717) is 0 Å². The van der Waals surface area contributed by atoms with Crippen molar-refractivity contribution < 1.29 is 14.2 Å². The molecule has 0 saturated heterocycles. The van der Waals surface area contributed by atoms with Crippen LogP contribution in [0.2, 0.25) is 0 Å². The fraction of sp³-hybridized carbons (Fsp3) is 0.0769. The second kappa shape index (κ2) is 3.93. The minimum Gasteiger partial charge on any atom is -0.200 e. The molecule has 0 radical (unpaired) electrons. The van der Waals surface area contributed by atoms with E-state index in [4.69, 9.17) is 14.9 Å². The van der Waals surface area contributed by atoms with Crippen molar-refractivity contribution in [2.45, 2.75) is 0 Å². The first-order valence-corrected chi connectivity index (χ1v) is 4.20. The van der Waals surface area contributed by atoms with Crippen LogP contribution in [0.15, 0.2) is 48.5 Å². The van der Waals surface area contributed by atoms with Gasteiger partial charge >= 0.3 is 0 Å². The molecule has 1 aromatic heterocycles. The number of hydrogen-bond acceptors (Lipinski definition) is 1. The minimum absolute atomic E-state index is 0.000926. The lowest BCUT2D eigenvalue weighted by Crippen LogP contribution is -2.30. The van der Waals surface area contributed by atoms with Crippen molar-refractivity contribution in [2.75, 3.05) is 0 Å². The Kier molecular flexibility index (Phi) is 1.09. The molecule has 0 aliphatic rings. The highest BCUT2D eigenvalue weighted by Crippen LogP contribution is 2.14. The van der Waals surface area contributed by atoms with Crippen LogP contribution in [-0.2, 0) is 7.05 Å². The largest absolute Gasteiger partial charge is 0.212 e. The van der Waals surface area contributed by atoms with Crippen molar-refractivity contribution >= 4 is 0 Å². The van der Waals surface area contributed by atoms with Crippen LogP contribution in [0, 0.1) is 11.3 Å². The topological polar surface area (TPSA) is 27.7 Å². The molecule has 2 aromatic rings. The molecule has 0 spiro atoms. The molecule has 1 aromatic carbocycles. The molecule has 0 aliphatic carbocycles. The van der Waals surface area contributed by atoms with Gasteiger partial charge in [-0.05, 0) is 18.2 Å². The van der Waals surface area contributed by atoms with Gasteiger partial charge in [0.2, 0.25) is 5.69 Å². The molecule has 0 N–H and O–H groups in total. The smallest absolute Gasteiger partial charge is 0.200 e. The SMILES string of the molecule is [2H]c1cc(-c2c([2H])c([2H])c(C#N)c([2H])[n+]2C)c([2H])c([2H])c1[2H]. The summed E-state index contributed by atoms with van der Waals surface area (Å²) in [7, 11) is 1.41. The summed E-state index contributed by atoms with van der Waals surface area (Å²) >= 11 is 0. The second-order valence-corrected chi connectivity index (χ2v) is 2.83. The lowest BCUT2D eigenvalue weighted by atomic mass is 10.1. The Labute approximate surface area is 98.9 Å². The van der Waals surface area contributed by atoms with E-state index in [2.05, 4.69) is 0 Å². The number of benzene rings is 1. The van der Waals surface area contributed by atoms with Crippen molar-refractivity contribution in [2.24, 2.45) is 7.05 Å². The van der Waals surface area contributed by atoms with Gasteiger partial charge in [0.05, 0.1) is 8.22 Å². The normalized spacial score (nSPS) is 16.1. The van der Waals surface area contributed by atoms with E-state index in [1.54, 1.807) is 6.07 Å². The predicted molar refractivity (Wildman–Crippen MR) is 57.8 cm³/mol. The van der Waals surface area contributed by atoms with Crippen LogP contribution in [0.5, 0.6) is 0 Å². The van der Waals surface area contributed by atoms with Crippen LogP contribution in [0.1, 0.15) is 15.2 Å². The Hall–Kier alpha value is -2.14. The number of hydrogen-bond donors (Lipinski definition) is 0. The number of rotatable bonds is 1. The van der Waals surface area contributed by atoms with Crippen molar-refractivity contribution in [3.8, 4) is 17.3 Å². The zero-order valence-electron chi connectivity index (χ0n) is 15.0. The third-order valence-electron chi connectivity index (χ3n) is 1.84. The summed E-state index contributed by atoms with van der Waals surface area (Å²) in [6.45, 7) is 0. The maximum Gasteiger partial charge on any atom is 0.212 e. The molecular formula is C13H11N2+. The molecule has 2 heteroatoms. The second-order valence-electron chi connectivity index (χ2n) is 2.83. The molecule has 2 nitrogen and oxygen atoms in total. The van der Waals surface area contributed by atoms with Crippen molar-refractivity contribution in [3.05, 3.63) is 54.1 Å². The van der Waals surface area contributed by atoms with E-state index in [1.165, 1.54) is 17.7 Å². The lowest BCUT2D eigenvalue weighted by molar-refractivity contribution is -0.660. The first-order chi connectivity index (χ1) is 10.2. The quantitative estimate of drug-likeness (QED) is 0.650. The zero-order chi connectivity index (χ0) is 16.8. The van der Waals surface area contributed by atoms with Crippen LogP contribution in [-0.4, -0.2) is 0 Å². The number of aromatic nitrogens is 1. The van der Waals surface area contributed by atoms with Crippen molar-refractivity contribution in [3.63, 3.8) is 0 Å². The van der Waals surface area contributed by atoms with Gasteiger partial charge in [0, 0.05) is 11.6 Å².